The molecule has 1 unspecified atom stereocenters. The molecule has 0 saturated carbocycles. The summed E-state index contributed by atoms with van der Waals surface area (Å²) in [5.74, 6) is 0.0845. The normalized spacial score (nSPS) is 21.5. The predicted molar refractivity (Wildman–Crippen MR) is 83.6 cm³/mol. The lowest BCUT2D eigenvalue weighted by molar-refractivity contribution is -0.118. The van der Waals surface area contributed by atoms with Crippen LogP contribution in [0, 0.1) is 25.2 Å². The minimum absolute atomic E-state index is 0.0481. The summed E-state index contributed by atoms with van der Waals surface area (Å²) in [5, 5.41) is 12.6. The first-order valence-electron chi connectivity index (χ1n) is 7.20. The summed E-state index contributed by atoms with van der Waals surface area (Å²) in [7, 11) is 0. The summed E-state index contributed by atoms with van der Waals surface area (Å²) in [4.78, 5) is 16.1. The summed E-state index contributed by atoms with van der Waals surface area (Å²) in [6, 6.07) is 9.43. The van der Waals surface area contributed by atoms with E-state index in [1.807, 2.05) is 38.1 Å². The number of aromatic nitrogens is 1. The zero-order chi connectivity index (χ0) is 16.4. The van der Waals surface area contributed by atoms with Crippen LogP contribution in [0.25, 0.3) is 0 Å². The molecule has 1 spiro atoms. The van der Waals surface area contributed by atoms with Crippen molar-refractivity contribution in [3.8, 4) is 11.9 Å². The molecule has 4 rings (SSSR count). The van der Waals surface area contributed by atoms with Crippen LogP contribution in [0.15, 0.2) is 35.7 Å². The number of nitrogens with one attached hydrogen (secondary N) is 2. The van der Waals surface area contributed by atoms with E-state index in [1.165, 1.54) is 0 Å². The number of hydrogen-bond donors (Lipinski definition) is 3. The average Bonchev–Trinajstić information content (AvgIpc) is 2.96. The molecule has 0 saturated heterocycles. The topological polar surface area (TPSA) is 104 Å². The molecule has 1 aromatic heterocycles. The van der Waals surface area contributed by atoms with E-state index in [0.717, 1.165) is 16.8 Å². The molecule has 6 nitrogen and oxygen atoms in total. The summed E-state index contributed by atoms with van der Waals surface area (Å²) in [5.41, 5.74) is 8.64. The van der Waals surface area contributed by atoms with E-state index in [1.54, 1.807) is 0 Å². The van der Waals surface area contributed by atoms with Crippen LogP contribution in [0.2, 0.25) is 0 Å². The Morgan fingerprint density at radius 2 is 2.04 bits per heavy atom. The number of benzene rings is 1. The van der Waals surface area contributed by atoms with E-state index >= 15 is 0 Å². The van der Waals surface area contributed by atoms with Crippen molar-refractivity contribution in [2.75, 3.05) is 5.32 Å². The van der Waals surface area contributed by atoms with Crippen LogP contribution < -0.4 is 15.8 Å². The highest BCUT2D eigenvalue weighted by molar-refractivity contribution is 6.12. The van der Waals surface area contributed by atoms with Gasteiger partial charge in [-0.3, -0.25) is 4.79 Å². The number of fused-ring (bicyclic) bond motifs is 4. The van der Waals surface area contributed by atoms with Gasteiger partial charge in [0, 0.05) is 22.5 Å². The summed E-state index contributed by atoms with van der Waals surface area (Å²) in [6.45, 7) is 3.80. The van der Waals surface area contributed by atoms with Gasteiger partial charge in [-0.2, -0.15) is 5.26 Å². The van der Waals surface area contributed by atoms with Crippen molar-refractivity contribution in [2.24, 2.45) is 5.73 Å². The largest absolute Gasteiger partial charge is 0.424 e. The molecule has 6 heteroatoms. The molecule has 3 heterocycles. The van der Waals surface area contributed by atoms with Crippen molar-refractivity contribution in [1.82, 2.24) is 4.98 Å². The highest BCUT2D eigenvalue weighted by Gasteiger charge is 2.57. The van der Waals surface area contributed by atoms with E-state index in [4.69, 9.17) is 10.5 Å². The van der Waals surface area contributed by atoms with Gasteiger partial charge in [-0.25, -0.2) is 0 Å². The third kappa shape index (κ3) is 1.39. The zero-order valence-electron chi connectivity index (χ0n) is 12.7. The van der Waals surface area contributed by atoms with Gasteiger partial charge >= 0.3 is 0 Å². The van der Waals surface area contributed by atoms with Gasteiger partial charge in [-0.15, -0.1) is 0 Å². The van der Waals surface area contributed by atoms with Crippen molar-refractivity contribution in [3.05, 3.63) is 58.1 Å². The maximum atomic E-state index is 13.0. The fraction of sp³-hybridized carbons (Fsp3) is 0.176. The third-order valence-electron chi connectivity index (χ3n) is 4.71. The van der Waals surface area contributed by atoms with Crippen LogP contribution in [0.3, 0.4) is 0 Å². The maximum Gasteiger partial charge on any atom is 0.245 e. The van der Waals surface area contributed by atoms with E-state index < -0.39 is 5.41 Å². The molecule has 0 fully saturated rings. The number of H-pyrrole nitrogens is 1. The Morgan fingerprint density at radius 1 is 1.30 bits per heavy atom. The van der Waals surface area contributed by atoms with Crippen LogP contribution in [0.1, 0.15) is 22.4 Å². The number of para-hydroxylation sites is 1. The highest BCUT2D eigenvalue weighted by atomic mass is 16.5. The molecule has 2 aliphatic heterocycles. The second-order valence-electron chi connectivity index (χ2n) is 5.78. The molecule has 2 aromatic rings. The summed E-state index contributed by atoms with van der Waals surface area (Å²) in [6.07, 6.45) is 0. The van der Waals surface area contributed by atoms with Gasteiger partial charge < -0.3 is 20.8 Å². The van der Waals surface area contributed by atoms with E-state index in [9.17, 15) is 10.1 Å². The van der Waals surface area contributed by atoms with Crippen molar-refractivity contribution in [1.29, 1.82) is 5.26 Å². The van der Waals surface area contributed by atoms with Crippen LogP contribution >= 0.6 is 0 Å². The van der Waals surface area contributed by atoms with Crippen LogP contribution in [-0.2, 0) is 10.2 Å². The number of hydrogen-bond acceptors (Lipinski definition) is 4. The van der Waals surface area contributed by atoms with Crippen LogP contribution in [0.4, 0.5) is 5.69 Å². The van der Waals surface area contributed by atoms with Gasteiger partial charge in [0.1, 0.15) is 17.1 Å². The number of aromatic amines is 1. The predicted octanol–water partition coefficient (Wildman–Crippen LogP) is 1.96. The lowest BCUT2D eigenvalue weighted by Gasteiger charge is -2.32. The first-order valence-corrected chi connectivity index (χ1v) is 7.20. The smallest absolute Gasteiger partial charge is 0.245 e. The molecule has 4 N–H and O–H groups in total. The second-order valence-corrected chi connectivity index (χ2v) is 5.78. The van der Waals surface area contributed by atoms with Crippen LogP contribution in [-0.4, -0.2) is 10.9 Å². The minimum atomic E-state index is -1.27. The molecule has 114 valence electrons. The van der Waals surface area contributed by atoms with Gasteiger partial charge in [-0.05, 0) is 25.5 Å². The monoisotopic (exact) mass is 306 g/mol. The lowest BCUT2D eigenvalue weighted by atomic mass is 9.68. The van der Waals surface area contributed by atoms with E-state index in [-0.39, 0.29) is 17.4 Å². The minimum Gasteiger partial charge on any atom is -0.424 e. The Morgan fingerprint density at radius 3 is 2.78 bits per heavy atom. The number of nitriles is 1. The fourth-order valence-corrected chi connectivity index (χ4v) is 3.58. The third-order valence-corrected chi connectivity index (χ3v) is 4.71. The standard InChI is InChI=1S/C17H14N4O2/c1-8-9(2)20-15-13(8)17(11(7-18)14(19)23-15)10-5-3-4-6-12(10)21-16(17)22/h3-6,20H,19H2,1-2H3,(H,21,22). The molecule has 0 radical (unpaired) electrons. The Kier molecular flexibility index (Phi) is 2.44. The molecule has 23 heavy (non-hydrogen) atoms. The number of amides is 1. The Hall–Kier alpha value is -3.20. The van der Waals surface area contributed by atoms with Crippen molar-refractivity contribution in [3.63, 3.8) is 0 Å². The number of aryl methyl sites for hydroxylation is 1. The van der Waals surface area contributed by atoms with Gasteiger partial charge in [0.25, 0.3) is 0 Å². The average molecular weight is 306 g/mol. The summed E-state index contributed by atoms with van der Waals surface area (Å²) >= 11 is 0. The number of nitrogens with two attached hydrogens (primary N) is 1. The van der Waals surface area contributed by atoms with Crippen molar-refractivity contribution < 1.29 is 9.53 Å². The van der Waals surface area contributed by atoms with E-state index in [0.29, 0.717) is 17.1 Å². The quantitative estimate of drug-likeness (QED) is 0.692. The Labute approximate surface area is 132 Å². The number of carbonyl (C=O) groups is 1. The van der Waals surface area contributed by atoms with Crippen molar-refractivity contribution >= 4 is 11.6 Å². The second kappa shape index (κ2) is 4.17. The molecule has 1 atom stereocenters. The zero-order valence-corrected chi connectivity index (χ0v) is 12.7. The van der Waals surface area contributed by atoms with Gasteiger partial charge in [0.2, 0.25) is 17.7 Å². The van der Waals surface area contributed by atoms with Gasteiger partial charge in [-0.1, -0.05) is 18.2 Å². The summed E-state index contributed by atoms with van der Waals surface area (Å²) < 4.78 is 5.59. The molecular formula is C17H14N4O2. The molecule has 2 aliphatic rings. The van der Waals surface area contributed by atoms with Gasteiger partial charge in [0.15, 0.2) is 0 Å². The number of ether oxygens (including phenoxy) is 1. The molecular weight excluding hydrogens is 292 g/mol. The molecule has 0 bridgehead atoms. The fourth-order valence-electron chi connectivity index (χ4n) is 3.58. The SMILES string of the molecule is Cc1[nH]c2c(c1C)C1(C(=O)Nc3ccccc31)C(C#N)=C(N)O2. The van der Waals surface area contributed by atoms with Crippen LogP contribution in [0.5, 0.6) is 5.88 Å². The first kappa shape index (κ1) is 13.5. The lowest BCUT2D eigenvalue weighted by Crippen LogP contribution is -2.42. The first-order chi connectivity index (χ1) is 11.0. The van der Waals surface area contributed by atoms with Crippen molar-refractivity contribution in [2.45, 2.75) is 19.3 Å². The molecule has 1 amide bonds. The Bertz CT molecular complexity index is 948. The Balaban J connectivity index is 2.19. The highest BCUT2D eigenvalue weighted by Crippen LogP contribution is 2.54. The number of carbonyl (C=O) groups excluding carboxylic acids is 1. The maximum absolute atomic E-state index is 13.0. The molecule has 1 aromatic carbocycles. The van der Waals surface area contributed by atoms with E-state index in [2.05, 4.69) is 16.4 Å². The number of nitrogens with zero attached hydrogens (tertiary/aromatic N) is 1. The number of rotatable bonds is 0. The van der Waals surface area contributed by atoms with Gasteiger partial charge in [0.05, 0.1) is 0 Å². The molecule has 0 aliphatic carbocycles. The number of anilines is 1.